The van der Waals surface area contributed by atoms with Crippen molar-refractivity contribution < 1.29 is 4.57 Å². The maximum atomic E-state index is 2.59. The minimum atomic E-state index is 0.500. The fourth-order valence-electron chi connectivity index (χ4n) is 4.44. The van der Waals surface area contributed by atoms with Crippen molar-refractivity contribution >= 4 is 17.7 Å². The average molecular weight is 345 g/mol. The highest BCUT2D eigenvalue weighted by molar-refractivity contribution is 6.70. The molecule has 0 N–H and O–H groups in total. The van der Waals surface area contributed by atoms with E-state index >= 15 is 0 Å². The van der Waals surface area contributed by atoms with Crippen LogP contribution in [0.5, 0.6) is 0 Å². The zero-order valence-electron chi connectivity index (χ0n) is 17.0. The molecule has 1 fully saturated rings. The molecule has 2 heterocycles. The number of para-hydroxylation sites is 3. The standard InChI is InChI=1S/C23H30BN2/c1-15(2)17-10-9-11-18(16(3)4)22(17)26-21-13-8-7-12-20(21)25(6)23(26)19-14-24(19)5/h7-13,15-16,19H,14H2,1-6H3/q+1. The van der Waals surface area contributed by atoms with Gasteiger partial charge in [-0.25, -0.2) is 4.57 Å². The SMILES string of the molecule is CB1CC1c1n(-c2c(C(C)C)cccc2C(C)C)c2ccccc2[n+]1C. The monoisotopic (exact) mass is 345 g/mol. The van der Waals surface area contributed by atoms with Gasteiger partial charge in [-0.1, -0.05) is 71.2 Å². The van der Waals surface area contributed by atoms with Crippen LogP contribution in [0.1, 0.15) is 62.3 Å². The molecule has 0 spiro atoms. The van der Waals surface area contributed by atoms with Gasteiger partial charge < -0.3 is 0 Å². The number of rotatable bonds is 4. The second-order valence-electron chi connectivity index (χ2n) is 8.66. The molecule has 1 aromatic heterocycles. The van der Waals surface area contributed by atoms with Gasteiger partial charge in [0.1, 0.15) is 5.69 Å². The number of fused-ring (bicyclic) bond motifs is 1. The molecule has 2 aromatic carbocycles. The summed E-state index contributed by atoms with van der Waals surface area (Å²) in [4.78, 5) is 0. The Kier molecular flexibility index (Phi) is 4.21. The molecule has 26 heavy (non-hydrogen) atoms. The predicted octanol–water partition coefficient (Wildman–Crippen LogP) is 5.46. The molecule has 2 nitrogen and oxygen atoms in total. The van der Waals surface area contributed by atoms with Crippen LogP contribution in [0.15, 0.2) is 42.5 Å². The molecule has 1 unspecified atom stereocenters. The van der Waals surface area contributed by atoms with E-state index in [1.54, 1.807) is 0 Å². The van der Waals surface area contributed by atoms with Crippen LogP contribution in [-0.4, -0.2) is 11.3 Å². The lowest BCUT2D eigenvalue weighted by Crippen LogP contribution is -2.33. The summed E-state index contributed by atoms with van der Waals surface area (Å²) in [6.07, 6.45) is 1.30. The fourth-order valence-corrected chi connectivity index (χ4v) is 4.44. The second kappa shape index (κ2) is 6.30. The first-order valence-electron chi connectivity index (χ1n) is 10.0. The molecule has 0 radical (unpaired) electrons. The van der Waals surface area contributed by atoms with Crippen LogP contribution >= 0.6 is 0 Å². The summed E-state index contributed by atoms with van der Waals surface area (Å²) in [7, 11) is 2.24. The Morgan fingerprint density at radius 1 is 0.962 bits per heavy atom. The Balaban J connectivity index is 2.13. The number of hydrogen-bond acceptors (Lipinski definition) is 0. The van der Waals surface area contributed by atoms with Gasteiger partial charge in [-0.05, 0) is 24.0 Å². The maximum Gasteiger partial charge on any atom is 0.257 e. The van der Waals surface area contributed by atoms with Gasteiger partial charge in [0.25, 0.3) is 5.82 Å². The second-order valence-corrected chi connectivity index (χ2v) is 8.66. The first-order valence-corrected chi connectivity index (χ1v) is 10.0. The maximum absolute atomic E-state index is 2.59. The Morgan fingerprint density at radius 3 is 2.08 bits per heavy atom. The van der Waals surface area contributed by atoms with E-state index in [1.165, 1.54) is 40.0 Å². The van der Waals surface area contributed by atoms with E-state index in [0.29, 0.717) is 17.7 Å². The van der Waals surface area contributed by atoms with Crippen molar-refractivity contribution in [1.82, 2.24) is 4.57 Å². The lowest BCUT2D eigenvalue weighted by Gasteiger charge is -2.18. The summed E-state index contributed by atoms with van der Waals surface area (Å²) < 4.78 is 5.03. The number of nitrogens with zero attached hydrogens (tertiary/aromatic N) is 2. The molecular formula is C23H30BN2+. The molecule has 134 valence electrons. The number of aryl methyl sites for hydroxylation is 1. The van der Waals surface area contributed by atoms with E-state index in [1.807, 2.05) is 0 Å². The molecule has 0 aliphatic carbocycles. The topological polar surface area (TPSA) is 8.81 Å². The van der Waals surface area contributed by atoms with Gasteiger partial charge in [0, 0.05) is 16.9 Å². The first-order chi connectivity index (χ1) is 12.4. The average Bonchev–Trinajstić information content (AvgIpc) is 3.26. The molecule has 0 saturated carbocycles. The Hall–Kier alpha value is -2.03. The van der Waals surface area contributed by atoms with Crippen molar-refractivity contribution in [3.63, 3.8) is 0 Å². The zero-order valence-corrected chi connectivity index (χ0v) is 17.0. The lowest BCUT2D eigenvalue weighted by molar-refractivity contribution is -0.653. The number of hydrogen-bond donors (Lipinski definition) is 0. The van der Waals surface area contributed by atoms with Crippen LogP contribution in [0, 0.1) is 0 Å². The highest BCUT2D eigenvalue weighted by Gasteiger charge is 2.47. The van der Waals surface area contributed by atoms with E-state index < -0.39 is 0 Å². The van der Waals surface area contributed by atoms with Gasteiger partial charge in [0.15, 0.2) is 17.7 Å². The molecule has 1 aliphatic rings. The summed E-state index contributed by atoms with van der Waals surface area (Å²) in [6, 6.07) is 15.7. The Bertz CT molecular complexity index is 941. The smallest absolute Gasteiger partial charge is 0.230 e. The van der Waals surface area contributed by atoms with Gasteiger partial charge in [-0.2, -0.15) is 4.57 Å². The molecule has 1 saturated heterocycles. The summed E-state index contributed by atoms with van der Waals surface area (Å²) in [5, 5.41) is 0. The molecule has 4 rings (SSSR count). The van der Waals surface area contributed by atoms with Crippen molar-refractivity contribution in [2.45, 2.75) is 58.5 Å². The molecule has 1 aliphatic heterocycles. The van der Waals surface area contributed by atoms with Crippen molar-refractivity contribution in [2.24, 2.45) is 7.05 Å². The Labute approximate surface area is 157 Å². The minimum absolute atomic E-state index is 0.500. The third-order valence-corrected chi connectivity index (χ3v) is 6.06. The Morgan fingerprint density at radius 2 is 1.54 bits per heavy atom. The summed E-state index contributed by atoms with van der Waals surface area (Å²) in [5.74, 6) is 3.13. The molecule has 0 amide bonds. The van der Waals surface area contributed by atoms with Gasteiger partial charge in [0.05, 0.1) is 7.05 Å². The van der Waals surface area contributed by atoms with Gasteiger partial charge >= 0.3 is 0 Å². The van der Waals surface area contributed by atoms with Gasteiger partial charge in [-0.3, -0.25) is 0 Å². The van der Waals surface area contributed by atoms with Crippen LogP contribution in [0.25, 0.3) is 16.7 Å². The number of imidazole rings is 1. The van der Waals surface area contributed by atoms with Crippen LogP contribution in [0.2, 0.25) is 13.1 Å². The highest BCUT2D eigenvalue weighted by atomic mass is 15.2. The molecule has 3 aromatic rings. The summed E-state index contributed by atoms with van der Waals surface area (Å²) >= 11 is 0. The predicted molar refractivity (Wildman–Crippen MR) is 112 cm³/mol. The van der Waals surface area contributed by atoms with E-state index in [-0.39, 0.29) is 0 Å². The zero-order chi connectivity index (χ0) is 18.6. The lowest BCUT2D eigenvalue weighted by atomic mass is 9.71. The van der Waals surface area contributed by atoms with Gasteiger partial charge in [-0.15, -0.1) is 0 Å². The largest absolute Gasteiger partial charge is 0.257 e. The highest BCUT2D eigenvalue weighted by Crippen LogP contribution is 2.43. The quantitative estimate of drug-likeness (QED) is 0.438. The van der Waals surface area contributed by atoms with E-state index in [0.717, 1.165) is 6.71 Å². The van der Waals surface area contributed by atoms with E-state index in [2.05, 4.69) is 93.2 Å². The van der Waals surface area contributed by atoms with Crippen LogP contribution in [0.4, 0.5) is 0 Å². The molecule has 1 atom stereocenters. The minimum Gasteiger partial charge on any atom is -0.230 e. The molecule has 3 heteroatoms. The van der Waals surface area contributed by atoms with Crippen LogP contribution in [0.3, 0.4) is 0 Å². The van der Waals surface area contributed by atoms with Crippen molar-refractivity contribution in [3.05, 3.63) is 59.4 Å². The van der Waals surface area contributed by atoms with Crippen molar-refractivity contribution in [1.29, 1.82) is 0 Å². The third-order valence-electron chi connectivity index (χ3n) is 6.06. The third kappa shape index (κ3) is 2.60. The van der Waals surface area contributed by atoms with E-state index in [4.69, 9.17) is 0 Å². The fraction of sp³-hybridized carbons (Fsp3) is 0.435. The van der Waals surface area contributed by atoms with Crippen molar-refractivity contribution in [2.75, 3.05) is 0 Å². The van der Waals surface area contributed by atoms with Crippen LogP contribution in [-0.2, 0) is 7.05 Å². The van der Waals surface area contributed by atoms with E-state index in [9.17, 15) is 0 Å². The normalized spacial score (nSPS) is 16.9. The van der Waals surface area contributed by atoms with Gasteiger partial charge in [0.2, 0.25) is 0 Å². The molecular weight excluding hydrogens is 315 g/mol. The summed E-state index contributed by atoms with van der Waals surface area (Å²) in [5.41, 5.74) is 6.98. The first kappa shape index (κ1) is 17.4. The summed E-state index contributed by atoms with van der Waals surface area (Å²) in [6.45, 7) is 12.4. The van der Waals surface area contributed by atoms with Crippen molar-refractivity contribution in [3.8, 4) is 5.69 Å². The molecule has 0 bridgehead atoms. The number of aromatic nitrogens is 2. The van der Waals surface area contributed by atoms with Crippen LogP contribution < -0.4 is 4.57 Å². The number of benzene rings is 2.